The van der Waals surface area contributed by atoms with Gasteiger partial charge in [0, 0.05) is 11.6 Å². The lowest BCUT2D eigenvalue weighted by molar-refractivity contribution is 0.142. The largest absolute Gasteiger partial charge is 0.497 e. The smallest absolute Gasteiger partial charge is 0.418 e. The van der Waals surface area contributed by atoms with Gasteiger partial charge in [0.25, 0.3) is 0 Å². The van der Waals surface area contributed by atoms with Crippen molar-refractivity contribution in [1.82, 2.24) is 4.57 Å². The van der Waals surface area contributed by atoms with E-state index in [9.17, 15) is 4.79 Å². The van der Waals surface area contributed by atoms with Crippen molar-refractivity contribution in [2.24, 2.45) is 0 Å². The summed E-state index contributed by atoms with van der Waals surface area (Å²) in [6.45, 7) is 0.231. The lowest BCUT2D eigenvalue weighted by atomic mass is 10.2. The van der Waals surface area contributed by atoms with E-state index in [2.05, 4.69) is 0 Å². The topological polar surface area (TPSA) is 40.5 Å². The van der Waals surface area contributed by atoms with Crippen molar-refractivity contribution < 1.29 is 14.3 Å². The van der Waals surface area contributed by atoms with Gasteiger partial charge in [0.15, 0.2) is 0 Å². The lowest BCUT2D eigenvalue weighted by Crippen LogP contribution is -2.12. The Hall–Kier alpha value is -2.75. The molecule has 4 nitrogen and oxygen atoms in total. The molecule has 21 heavy (non-hydrogen) atoms. The second-order valence-electron chi connectivity index (χ2n) is 4.65. The highest BCUT2D eigenvalue weighted by Crippen LogP contribution is 2.16. The summed E-state index contributed by atoms with van der Waals surface area (Å²) in [6.07, 6.45) is 1.34. The minimum Gasteiger partial charge on any atom is -0.497 e. The zero-order valence-corrected chi connectivity index (χ0v) is 11.7. The van der Waals surface area contributed by atoms with Crippen molar-refractivity contribution >= 4 is 17.0 Å². The van der Waals surface area contributed by atoms with E-state index in [4.69, 9.17) is 9.47 Å². The first-order chi connectivity index (χ1) is 10.3. The molecule has 3 aromatic rings. The van der Waals surface area contributed by atoms with Crippen LogP contribution in [0.25, 0.3) is 10.9 Å². The number of ether oxygens (including phenoxy) is 2. The molecule has 4 heteroatoms. The van der Waals surface area contributed by atoms with Crippen LogP contribution < -0.4 is 4.74 Å². The Morgan fingerprint density at radius 3 is 2.57 bits per heavy atom. The van der Waals surface area contributed by atoms with Crippen molar-refractivity contribution in [2.45, 2.75) is 6.61 Å². The SMILES string of the molecule is COc1ccc(COC(=O)n2ccc3ccccc32)cc1. The van der Waals surface area contributed by atoms with Crippen LogP contribution in [0.2, 0.25) is 0 Å². The quantitative estimate of drug-likeness (QED) is 0.732. The normalized spacial score (nSPS) is 10.5. The highest BCUT2D eigenvalue weighted by atomic mass is 16.5. The molecule has 0 aliphatic heterocycles. The fourth-order valence-electron chi connectivity index (χ4n) is 2.18. The average molecular weight is 281 g/mol. The molecule has 0 fully saturated rings. The number of rotatable bonds is 3. The van der Waals surface area contributed by atoms with Gasteiger partial charge in [-0.3, -0.25) is 4.57 Å². The maximum absolute atomic E-state index is 12.1. The third kappa shape index (κ3) is 2.74. The fraction of sp³-hybridized carbons (Fsp3) is 0.118. The molecule has 2 aromatic carbocycles. The van der Waals surface area contributed by atoms with Crippen LogP contribution in [0, 0.1) is 0 Å². The van der Waals surface area contributed by atoms with Gasteiger partial charge in [0.05, 0.1) is 12.6 Å². The Bertz CT molecular complexity index is 759. The zero-order chi connectivity index (χ0) is 14.7. The molecule has 0 unspecified atom stereocenters. The second kappa shape index (κ2) is 5.71. The van der Waals surface area contributed by atoms with Gasteiger partial charge in [-0.25, -0.2) is 4.79 Å². The molecular formula is C17H15NO3. The van der Waals surface area contributed by atoms with Crippen molar-refractivity contribution in [3.63, 3.8) is 0 Å². The van der Waals surface area contributed by atoms with Crippen molar-refractivity contribution in [1.29, 1.82) is 0 Å². The van der Waals surface area contributed by atoms with Gasteiger partial charge in [0.2, 0.25) is 0 Å². The molecule has 3 rings (SSSR count). The first kappa shape index (κ1) is 13.2. The number of aromatic nitrogens is 1. The first-order valence-corrected chi connectivity index (χ1v) is 6.64. The Kier molecular flexibility index (Phi) is 3.60. The van der Waals surface area contributed by atoms with Gasteiger partial charge < -0.3 is 9.47 Å². The van der Waals surface area contributed by atoms with Gasteiger partial charge in [-0.05, 0) is 29.8 Å². The van der Waals surface area contributed by atoms with Crippen molar-refractivity contribution in [3.8, 4) is 5.75 Å². The molecule has 0 bridgehead atoms. The molecule has 1 heterocycles. The molecule has 0 saturated carbocycles. The molecule has 0 N–H and O–H groups in total. The van der Waals surface area contributed by atoms with Gasteiger partial charge >= 0.3 is 6.09 Å². The molecule has 0 spiro atoms. The molecule has 1 aromatic heterocycles. The van der Waals surface area contributed by atoms with E-state index in [1.165, 1.54) is 4.57 Å². The van der Waals surface area contributed by atoms with Crippen LogP contribution in [0.5, 0.6) is 5.75 Å². The summed E-state index contributed by atoms with van der Waals surface area (Å²) in [5.41, 5.74) is 1.76. The van der Waals surface area contributed by atoms with E-state index in [0.29, 0.717) is 0 Å². The molecule has 0 radical (unpaired) electrons. The highest BCUT2D eigenvalue weighted by molar-refractivity contribution is 5.89. The van der Waals surface area contributed by atoms with Crippen molar-refractivity contribution in [2.75, 3.05) is 7.11 Å². The third-order valence-corrected chi connectivity index (χ3v) is 3.32. The molecule has 0 aliphatic rings. The predicted octanol–water partition coefficient (Wildman–Crippen LogP) is 3.83. The van der Waals surface area contributed by atoms with E-state index in [1.54, 1.807) is 13.3 Å². The number of benzene rings is 2. The highest BCUT2D eigenvalue weighted by Gasteiger charge is 2.09. The van der Waals surface area contributed by atoms with Crippen LogP contribution in [0.4, 0.5) is 4.79 Å². The summed E-state index contributed by atoms with van der Waals surface area (Å²) in [5, 5.41) is 1.01. The summed E-state index contributed by atoms with van der Waals surface area (Å²) in [4.78, 5) is 12.1. The number of fused-ring (bicyclic) bond motifs is 1. The summed E-state index contributed by atoms with van der Waals surface area (Å²) in [5.74, 6) is 0.779. The molecule has 106 valence electrons. The Balaban J connectivity index is 1.71. The van der Waals surface area contributed by atoms with E-state index < -0.39 is 0 Å². The number of hydrogen-bond donors (Lipinski definition) is 0. The van der Waals surface area contributed by atoms with Gasteiger partial charge in [-0.15, -0.1) is 0 Å². The maximum atomic E-state index is 12.1. The van der Waals surface area contributed by atoms with E-state index in [1.807, 2.05) is 54.6 Å². The molecule has 0 atom stereocenters. The lowest BCUT2D eigenvalue weighted by Gasteiger charge is -2.07. The number of para-hydroxylation sites is 1. The Morgan fingerprint density at radius 1 is 1.05 bits per heavy atom. The van der Waals surface area contributed by atoms with E-state index in [0.717, 1.165) is 22.2 Å². The standard InChI is InChI=1S/C17H15NO3/c1-20-15-8-6-13(7-9-15)12-21-17(19)18-11-10-14-4-2-3-5-16(14)18/h2-11H,12H2,1H3. The summed E-state index contributed by atoms with van der Waals surface area (Å²) in [6, 6.07) is 17.0. The van der Waals surface area contributed by atoms with Gasteiger partial charge in [-0.2, -0.15) is 0 Å². The Labute approximate surface area is 122 Å². The van der Waals surface area contributed by atoms with E-state index >= 15 is 0 Å². The maximum Gasteiger partial charge on any atom is 0.418 e. The first-order valence-electron chi connectivity index (χ1n) is 6.64. The monoisotopic (exact) mass is 281 g/mol. The van der Waals surface area contributed by atoms with Crippen LogP contribution in [0.15, 0.2) is 60.8 Å². The summed E-state index contributed by atoms with van der Waals surface area (Å²) in [7, 11) is 1.62. The van der Waals surface area contributed by atoms with Crippen LogP contribution in [0.1, 0.15) is 5.56 Å². The number of nitrogens with zero attached hydrogens (tertiary/aromatic N) is 1. The average Bonchev–Trinajstić information content (AvgIpc) is 2.97. The van der Waals surface area contributed by atoms with Gasteiger partial charge in [0.1, 0.15) is 12.4 Å². The summed E-state index contributed by atoms with van der Waals surface area (Å²) >= 11 is 0. The Morgan fingerprint density at radius 2 is 1.81 bits per heavy atom. The predicted molar refractivity (Wildman–Crippen MR) is 80.5 cm³/mol. The fourth-order valence-corrected chi connectivity index (χ4v) is 2.18. The molecule has 0 amide bonds. The third-order valence-electron chi connectivity index (χ3n) is 3.32. The zero-order valence-electron chi connectivity index (χ0n) is 11.7. The summed E-state index contributed by atoms with van der Waals surface area (Å²) < 4.78 is 11.9. The minimum absolute atomic E-state index is 0.231. The number of hydrogen-bond acceptors (Lipinski definition) is 3. The molecule has 0 saturated heterocycles. The van der Waals surface area contributed by atoms with Crippen LogP contribution in [0.3, 0.4) is 0 Å². The van der Waals surface area contributed by atoms with Crippen LogP contribution in [-0.2, 0) is 11.3 Å². The minimum atomic E-state index is -0.382. The number of carbonyl (C=O) groups is 1. The van der Waals surface area contributed by atoms with E-state index in [-0.39, 0.29) is 12.7 Å². The van der Waals surface area contributed by atoms with Crippen molar-refractivity contribution in [3.05, 3.63) is 66.4 Å². The number of methoxy groups -OCH3 is 1. The second-order valence-corrected chi connectivity index (χ2v) is 4.65. The molecular weight excluding hydrogens is 266 g/mol. The van der Waals surface area contributed by atoms with Crippen LogP contribution >= 0.6 is 0 Å². The van der Waals surface area contributed by atoms with Gasteiger partial charge in [-0.1, -0.05) is 30.3 Å². The van der Waals surface area contributed by atoms with Crippen LogP contribution in [-0.4, -0.2) is 17.8 Å². The molecule has 0 aliphatic carbocycles. The number of carbonyl (C=O) groups excluding carboxylic acids is 1.